The number of ether oxygens (including phenoxy) is 2. The van der Waals surface area contributed by atoms with E-state index in [-0.39, 0.29) is 23.6 Å². The highest BCUT2D eigenvalue weighted by molar-refractivity contribution is 7.90. The Kier molecular flexibility index (Phi) is 10.2. The predicted molar refractivity (Wildman–Crippen MR) is 139 cm³/mol. The zero-order valence-electron chi connectivity index (χ0n) is 22.4. The van der Waals surface area contributed by atoms with Gasteiger partial charge in [-0.1, -0.05) is 30.3 Å². The van der Waals surface area contributed by atoms with Gasteiger partial charge in [0.1, 0.15) is 18.0 Å². The first-order valence-electron chi connectivity index (χ1n) is 12.0. The van der Waals surface area contributed by atoms with E-state index in [4.69, 9.17) is 15.2 Å². The molecule has 11 nitrogen and oxygen atoms in total. The predicted octanol–water partition coefficient (Wildman–Crippen LogP) is 3.42. The summed E-state index contributed by atoms with van der Waals surface area (Å²) in [5, 5.41) is -0.324. The summed E-state index contributed by atoms with van der Waals surface area (Å²) in [4.78, 5) is 34.6. The van der Waals surface area contributed by atoms with Crippen LogP contribution in [-0.4, -0.2) is 71.9 Å². The van der Waals surface area contributed by atoms with Crippen LogP contribution in [0.1, 0.15) is 51.4 Å². The SMILES string of the molecule is CC(C)(C)OC(=O)N1CCc2c(N)nc(S(C)(=O)=O)nc2C1.CCN(CC)C(=O)OCc1ccccc1. The molecule has 0 saturated heterocycles. The van der Waals surface area contributed by atoms with E-state index >= 15 is 0 Å². The molecule has 2 heterocycles. The largest absolute Gasteiger partial charge is 0.445 e. The summed E-state index contributed by atoms with van der Waals surface area (Å²) in [6, 6.07) is 9.68. The number of fused-ring (bicyclic) bond motifs is 1. The number of nitrogen functional groups attached to an aromatic ring is 1. The maximum atomic E-state index is 12.1. The molecule has 12 heteroatoms. The molecule has 0 atom stereocenters. The number of sulfone groups is 1. The third-order valence-corrected chi connectivity index (χ3v) is 6.13. The van der Waals surface area contributed by atoms with Crippen molar-refractivity contribution >= 4 is 27.8 Å². The monoisotopic (exact) mass is 535 g/mol. The number of benzene rings is 1. The van der Waals surface area contributed by atoms with Gasteiger partial charge in [0.05, 0.1) is 12.2 Å². The average Bonchev–Trinajstić information content (AvgIpc) is 2.82. The fourth-order valence-electron chi connectivity index (χ4n) is 3.38. The van der Waals surface area contributed by atoms with Gasteiger partial charge in [-0.3, -0.25) is 0 Å². The second kappa shape index (κ2) is 12.7. The molecule has 37 heavy (non-hydrogen) atoms. The number of nitrogens with two attached hydrogens (primary N) is 1. The lowest BCUT2D eigenvalue weighted by atomic mass is 10.1. The Hall–Kier alpha value is -3.41. The van der Waals surface area contributed by atoms with Gasteiger partial charge in [0.25, 0.3) is 0 Å². The molecular formula is C25H37N5O6S. The van der Waals surface area contributed by atoms with Crippen molar-refractivity contribution in [3.63, 3.8) is 0 Å². The lowest BCUT2D eigenvalue weighted by molar-refractivity contribution is 0.0220. The van der Waals surface area contributed by atoms with Crippen LogP contribution in [0.5, 0.6) is 0 Å². The quantitative estimate of drug-likeness (QED) is 0.569. The third kappa shape index (κ3) is 9.19. The number of carbonyl (C=O) groups excluding carboxylic acids is 2. The Bertz CT molecular complexity index is 1180. The third-order valence-electron chi connectivity index (χ3n) is 5.29. The lowest BCUT2D eigenvalue weighted by Crippen LogP contribution is -2.40. The van der Waals surface area contributed by atoms with Crippen LogP contribution in [0, 0.1) is 0 Å². The molecule has 2 amide bonds. The second-order valence-corrected chi connectivity index (χ2v) is 11.4. The van der Waals surface area contributed by atoms with Crippen molar-refractivity contribution in [3.05, 3.63) is 47.2 Å². The molecule has 0 radical (unpaired) electrons. The molecule has 1 aliphatic rings. The minimum atomic E-state index is -3.56. The van der Waals surface area contributed by atoms with Crippen molar-refractivity contribution in [2.75, 3.05) is 31.6 Å². The molecule has 2 N–H and O–H groups in total. The van der Waals surface area contributed by atoms with Gasteiger partial charge in [-0.15, -0.1) is 0 Å². The number of amides is 2. The van der Waals surface area contributed by atoms with Crippen LogP contribution in [-0.2, 0) is 38.9 Å². The van der Waals surface area contributed by atoms with Gasteiger partial charge in [0, 0.05) is 31.5 Å². The van der Waals surface area contributed by atoms with Gasteiger partial charge < -0.3 is 25.0 Å². The van der Waals surface area contributed by atoms with Crippen LogP contribution >= 0.6 is 0 Å². The maximum Gasteiger partial charge on any atom is 0.410 e. The number of aromatic nitrogens is 2. The van der Waals surface area contributed by atoms with Crippen molar-refractivity contribution in [2.45, 2.75) is 64.9 Å². The molecule has 0 unspecified atom stereocenters. The summed E-state index contributed by atoms with van der Waals surface area (Å²) < 4.78 is 33.6. The topological polar surface area (TPSA) is 145 Å². The molecule has 0 saturated carbocycles. The van der Waals surface area contributed by atoms with Gasteiger partial charge in [0.15, 0.2) is 0 Å². The van der Waals surface area contributed by atoms with Crippen molar-refractivity contribution in [3.8, 4) is 0 Å². The first-order valence-corrected chi connectivity index (χ1v) is 13.9. The van der Waals surface area contributed by atoms with Crippen molar-refractivity contribution < 1.29 is 27.5 Å². The van der Waals surface area contributed by atoms with Gasteiger partial charge in [-0.2, -0.15) is 0 Å². The van der Waals surface area contributed by atoms with Crippen LogP contribution in [0.15, 0.2) is 35.5 Å². The number of nitrogens with zero attached hydrogens (tertiary/aromatic N) is 4. The van der Waals surface area contributed by atoms with Crippen LogP contribution in [0.2, 0.25) is 0 Å². The summed E-state index contributed by atoms with van der Waals surface area (Å²) >= 11 is 0. The Morgan fingerprint density at radius 2 is 1.73 bits per heavy atom. The zero-order valence-corrected chi connectivity index (χ0v) is 23.2. The van der Waals surface area contributed by atoms with E-state index in [1.807, 2.05) is 44.2 Å². The Balaban J connectivity index is 0.000000281. The summed E-state index contributed by atoms with van der Waals surface area (Å²) in [5.41, 5.74) is 7.36. The number of anilines is 1. The summed E-state index contributed by atoms with van der Waals surface area (Å²) in [5.74, 6) is 0.147. The molecule has 2 aromatic rings. The highest BCUT2D eigenvalue weighted by atomic mass is 32.2. The number of carbonyl (C=O) groups is 2. The summed E-state index contributed by atoms with van der Waals surface area (Å²) in [6.07, 6.45) is 0.771. The molecule has 1 aliphatic heterocycles. The van der Waals surface area contributed by atoms with Crippen LogP contribution in [0.25, 0.3) is 0 Å². The molecule has 204 valence electrons. The van der Waals surface area contributed by atoms with E-state index in [0.29, 0.717) is 43.9 Å². The Morgan fingerprint density at radius 3 is 2.27 bits per heavy atom. The molecule has 0 fully saturated rings. The van der Waals surface area contributed by atoms with Crippen LogP contribution < -0.4 is 5.73 Å². The van der Waals surface area contributed by atoms with E-state index < -0.39 is 21.5 Å². The first kappa shape index (κ1) is 29.8. The minimum Gasteiger partial charge on any atom is -0.445 e. The number of rotatable bonds is 5. The van der Waals surface area contributed by atoms with Crippen molar-refractivity contribution in [2.24, 2.45) is 0 Å². The Morgan fingerprint density at radius 1 is 1.11 bits per heavy atom. The molecule has 0 bridgehead atoms. The summed E-state index contributed by atoms with van der Waals surface area (Å²) in [6.45, 7) is 11.5. The smallest absolute Gasteiger partial charge is 0.410 e. The van der Waals surface area contributed by atoms with E-state index in [9.17, 15) is 18.0 Å². The maximum absolute atomic E-state index is 12.1. The Labute approximate surface area is 218 Å². The number of hydrogen-bond donors (Lipinski definition) is 1. The second-order valence-electron chi connectivity index (χ2n) is 9.45. The normalized spacial score (nSPS) is 13.1. The molecule has 1 aromatic heterocycles. The van der Waals surface area contributed by atoms with Gasteiger partial charge in [0.2, 0.25) is 15.0 Å². The van der Waals surface area contributed by atoms with Crippen LogP contribution in [0.3, 0.4) is 0 Å². The number of hydrogen-bond acceptors (Lipinski definition) is 9. The highest BCUT2D eigenvalue weighted by Gasteiger charge is 2.29. The molecule has 0 spiro atoms. The average molecular weight is 536 g/mol. The summed E-state index contributed by atoms with van der Waals surface area (Å²) in [7, 11) is -3.56. The zero-order chi connectivity index (χ0) is 27.8. The first-order chi connectivity index (χ1) is 17.2. The van der Waals surface area contributed by atoms with E-state index in [2.05, 4.69) is 9.97 Å². The minimum absolute atomic E-state index is 0.147. The fourth-order valence-corrected chi connectivity index (χ4v) is 3.92. The standard InChI is InChI=1S/C13H20N4O4S.C12H17NO2/c1-13(2,3)21-12(18)17-6-5-8-9(7-17)15-11(16-10(8)14)22(4,19)20;1-3-13(4-2)12(14)15-10-11-8-6-5-7-9-11/h5-7H2,1-4H3,(H2,14,15,16);5-9H,3-4,10H2,1-2H3. The van der Waals surface area contributed by atoms with E-state index in [1.54, 1.807) is 25.7 Å². The van der Waals surface area contributed by atoms with Crippen molar-refractivity contribution in [1.29, 1.82) is 0 Å². The fraction of sp³-hybridized carbons (Fsp3) is 0.520. The van der Waals surface area contributed by atoms with E-state index in [0.717, 1.165) is 11.8 Å². The molecule has 1 aromatic carbocycles. The van der Waals surface area contributed by atoms with Gasteiger partial charge in [-0.05, 0) is 46.6 Å². The van der Waals surface area contributed by atoms with Crippen molar-refractivity contribution in [1.82, 2.24) is 19.8 Å². The molecule has 0 aliphatic carbocycles. The van der Waals surface area contributed by atoms with Gasteiger partial charge >= 0.3 is 12.2 Å². The van der Waals surface area contributed by atoms with Crippen LogP contribution in [0.4, 0.5) is 15.4 Å². The van der Waals surface area contributed by atoms with E-state index in [1.165, 1.54) is 4.90 Å². The molecular weight excluding hydrogens is 498 g/mol. The molecule has 3 rings (SSSR count). The van der Waals surface area contributed by atoms with Gasteiger partial charge in [-0.25, -0.2) is 28.0 Å². The lowest BCUT2D eigenvalue weighted by Gasteiger charge is -2.31. The highest BCUT2D eigenvalue weighted by Crippen LogP contribution is 2.24.